The van der Waals surface area contributed by atoms with Gasteiger partial charge in [0.2, 0.25) is 0 Å². The average molecular weight is 460 g/mol. The van der Waals surface area contributed by atoms with Crippen LogP contribution in [0.5, 0.6) is 11.5 Å². The smallest absolute Gasteiger partial charge is 0.251 e. The molecule has 0 spiro atoms. The molecule has 0 saturated heterocycles. The fraction of sp³-hybridized carbons (Fsp3) is 0.208. The van der Waals surface area contributed by atoms with E-state index >= 15 is 0 Å². The predicted octanol–water partition coefficient (Wildman–Crippen LogP) is 2.83. The molecule has 0 atom stereocenters. The number of aromatic nitrogens is 5. The fourth-order valence-electron chi connectivity index (χ4n) is 3.48. The van der Waals surface area contributed by atoms with Crippen molar-refractivity contribution in [3.63, 3.8) is 0 Å². The molecule has 0 fully saturated rings. The minimum atomic E-state index is -0.196. The van der Waals surface area contributed by atoms with Gasteiger partial charge in [-0.25, -0.2) is 9.97 Å². The Labute approximate surface area is 197 Å². The lowest BCUT2D eigenvalue weighted by molar-refractivity contribution is 0.0950. The van der Waals surface area contributed by atoms with Crippen LogP contribution in [0, 0.1) is 0 Å². The molecular weight excluding hydrogens is 434 g/mol. The summed E-state index contributed by atoms with van der Waals surface area (Å²) in [5.41, 5.74) is 2.85. The maximum absolute atomic E-state index is 12.8. The van der Waals surface area contributed by atoms with Crippen LogP contribution < -0.4 is 20.1 Å². The van der Waals surface area contributed by atoms with Crippen molar-refractivity contribution in [2.75, 3.05) is 19.5 Å². The van der Waals surface area contributed by atoms with E-state index in [1.807, 2.05) is 41.9 Å². The Kier molecular flexibility index (Phi) is 6.97. The number of hydrogen-bond donors (Lipinski definition) is 2. The van der Waals surface area contributed by atoms with Crippen LogP contribution in [0.3, 0.4) is 0 Å². The topological polar surface area (TPSA) is 116 Å². The minimum Gasteiger partial charge on any atom is -0.493 e. The molecule has 4 rings (SSSR count). The summed E-state index contributed by atoms with van der Waals surface area (Å²) < 4.78 is 12.6. The van der Waals surface area contributed by atoms with Crippen LogP contribution in [0.15, 0.2) is 61.1 Å². The van der Waals surface area contributed by atoms with E-state index in [-0.39, 0.29) is 5.91 Å². The summed E-state index contributed by atoms with van der Waals surface area (Å²) in [7, 11) is 5.04. The molecule has 4 aromatic rings. The van der Waals surface area contributed by atoms with Crippen molar-refractivity contribution >= 4 is 11.6 Å². The Hall–Kier alpha value is -4.47. The predicted molar refractivity (Wildman–Crippen MR) is 127 cm³/mol. The third-order valence-electron chi connectivity index (χ3n) is 5.28. The molecule has 0 saturated carbocycles. The zero-order valence-corrected chi connectivity index (χ0v) is 19.1. The largest absolute Gasteiger partial charge is 0.493 e. The van der Waals surface area contributed by atoms with Gasteiger partial charge >= 0.3 is 0 Å². The number of hydrogen-bond acceptors (Lipinski definition) is 8. The Bertz CT molecular complexity index is 1270. The first-order valence-corrected chi connectivity index (χ1v) is 10.6. The van der Waals surface area contributed by atoms with Gasteiger partial charge in [0.05, 0.1) is 20.8 Å². The van der Waals surface area contributed by atoms with Crippen LogP contribution in [-0.4, -0.2) is 44.9 Å². The average Bonchev–Trinajstić information content (AvgIpc) is 3.26. The number of para-hydroxylation sites is 1. The second-order valence-corrected chi connectivity index (χ2v) is 7.36. The van der Waals surface area contributed by atoms with Gasteiger partial charge < -0.3 is 24.7 Å². The third-order valence-corrected chi connectivity index (χ3v) is 5.28. The van der Waals surface area contributed by atoms with Gasteiger partial charge in [-0.1, -0.05) is 18.2 Å². The first-order valence-electron chi connectivity index (χ1n) is 10.6. The van der Waals surface area contributed by atoms with Crippen LogP contribution >= 0.6 is 0 Å². The molecule has 2 heterocycles. The number of carbonyl (C=O) groups is 1. The normalized spacial score (nSPS) is 10.6. The standard InChI is InChI=1S/C24H25N7O3/c1-31-21(29-30-23(31)19-10-11-25-15-28-19)14-26-18-8-4-6-16(12-18)24(32)27-13-17-7-5-9-20(33-2)22(17)34-3/h4-12,15,26H,13-14H2,1-3H3,(H,27,32). The molecule has 0 bridgehead atoms. The van der Waals surface area contributed by atoms with E-state index in [9.17, 15) is 4.79 Å². The van der Waals surface area contributed by atoms with E-state index in [4.69, 9.17) is 9.47 Å². The van der Waals surface area contributed by atoms with Crippen molar-refractivity contribution in [2.24, 2.45) is 7.05 Å². The quantitative estimate of drug-likeness (QED) is 0.393. The van der Waals surface area contributed by atoms with Crippen LogP contribution in [0.4, 0.5) is 5.69 Å². The van der Waals surface area contributed by atoms with E-state index in [1.54, 1.807) is 38.6 Å². The molecule has 2 aromatic heterocycles. The first kappa shape index (κ1) is 22.7. The van der Waals surface area contributed by atoms with Crippen LogP contribution in [0.2, 0.25) is 0 Å². The molecule has 2 N–H and O–H groups in total. The van der Waals surface area contributed by atoms with Crippen molar-refractivity contribution in [2.45, 2.75) is 13.1 Å². The number of carbonyl (C=O) groups excluding carboxylic acids is 1. The fourth-order valence-corrected chi connectivity index (χ4v) is 3.48. The molecule has 34 heavy (non-hydrogen) atoms. The molecule has 0 unspecified atom stereocenters. The lowest BCUT2D eigenvalue weighted by atomic mass is 10.1. The zero-order chi connectivity index (χ0) is 23.9. The number of ether oxygens (including phenoxy) is 2. The van der Waals surface area contributed by atoms with Gasteiger partial charge in [-0.3, -0.25) is 4.79 Å². The number of anilines is 1. The van der Waals surface area contributed by atoms with Crippen molar-refractivity contribution in [3.05, 3.63) is 78.0 Å². The van der Waals surface area contributed by atoms with Gasteiger partial charge in [0.1, 0.15) is 12.0 Å². The number of amides is 1. The lowest BCUT2D eigenvalue weighted by Gasteiger charge is -2.13. The summed E-state index contributed by atoms with van der Waals surface area (Å²) in [5, 5.41) is 14.7. The van der Waals surface area contributed by atoms with Crippen LogP contribution in [-0.2, 0) is 20.1 Å². The van der Waals surface area contributed by atoms with Crippen molar-refractivity contribution in [1.29, 1.82) is 0 Å². The van der Waals surface area contributed by atoms with E-state index in [0.717, 1.165) is 17.1 Å². The van der Waals surface area contributed by atoms with Gasteiger partial charge in [-0.2, -0.15) is 0 Å². The van der Waals surface area contributed by atoms with Crippen molar-refractivity contribution in [3.8, 4) is 23.0 Å². The number of methoxy groups -OCH3 is 2. The monoisotopic (exact) mass is 459 g/mol. The van der Waals surface area contributed by atoms with Gasteiger partial charge in [0, 0.05) is 36.6 Å². The highest BCUT2D eigenvalue weighted by molar-refractivity contribution is 5.95. The molecular formula is C24H25N7O3. The van der Waals surface area contributed by atoms with Crippen molar-refractivity contribution < 1.29 is 14.3 Å². The Morgan fingerprint density at radius 1 is 1.03 bits per heavy atom. The number of nitrogens with zero attached hydrogens (tertiary/aromatic N) is 5. The molecule has 10 heteroatoms. The summed E-state index contributed by atoms with van der Waals surface area (Å²) in [5.74, 6) is 2.41. The molecule has 0 aliphatic heterocycles. The number of rotatable bonds is 9. The maximum atomic E-state index is 12.8. The van der Waals surface area contributed by atoms with E-state index in [1.165, 1.54) is 6.33 Å². The second kappa shape index (κ2) is 10.4. The highest BCUT2D eigenvalue weighted by Gasteiger charge is 2.13. The summed E-state index contributed by atoms with van der Waals surface area (Å²) >= 11 is 0. The molecule has 174 valence electrons. The summed E-state index contributed by atoms with van der Waals surface area (Å²) in [6, 6.07) is 14.6. The molecule has 0 aliphatic carbocycles. The van der Waals surface area contributed by atoms with Crippen molar-refractivity contribution in [1.82, 2.24) is 30.0 Å². The highest BCUT2D eigenvalue weighted by Crippen LogP contribution is 2.30. The van der Waals surface area contributed by atoms with E-state index < -0.39 is 0 Å². The first-order chi connectivity index (χ1) is 16.6. The molecule has 2 aromatic carbocycles. The summed E-state index contributed by atoms with van der Waals surface area (Å²) in [4.78, 5) is 20.9. The summed E-state index contributed by atoms with van der Waals surface area (Å²) in [6.07, 6.45) is 3.14. The van der Waals surface area contributed by atoms with E-state index in [0.29, 0.717) is 41.7 Å². The molecule has 0 radical (unpaired) electrons. The van der Waals surface area contributed by atoms with Gasteiger partial charge in [-0.15, -0.1) is 10.2 Å². The summed E-state index contributed by atoms with van der Waals surface area (Å²) in [6.45, 7) is 0.738. The molecule has 1 amide bonds. The van der Waals surface area contributed by atoms with Gasteiger partial charge in [-0.05, 0) is 30.3 Å². The van der Waals surface area contributed by atoms with Gasteiger partial charge in [0.15, 0.2) is 23.1 Å². The molecule has 0 aliphatic rings. The zero-order valence-electron chi connectivity index (χ0n) is 19.1. The number of benzene rings is 2. The van der Waals surface area contributed by atoms with Crippen LogP contribution in [0.1, 0.15) is 21.7 Å². The SMILES string of the molecule is COc1cccc(CNC(=O)c2cccc(NCc3nnc(-c4ccncn4)n3C)c2)c1OC. The Morgan fingerprint density at radius 3 is 2.65 bits per heavy atom. The van der Waals surface area contributed by atoms with Crippen LogP contribution in [0.25, 0.3) is 11.5 Å². The Morgan fingerprint density at radius 2 is 1.88 bits per heavy atom. The maximum Gasteiger partial charge on any atom is 0.251 e. The third kappa shape index (κ3) is 4.96. The highest BCUT2D eigenvalue weighted by atomic mass is 16.5. The van der Waals surface area contributed by atoms with Gasteiger partial charge in [0.25, 0.3) is 5.91 Å². The number of nitrogens with one attached hydrogen (secondary N) is 2. The second-order valence-electron chi connectivity index (χ2n) is 7.36. The van der Waals surface area contributed by atoms with E-state index in [2.05, 4.69) is 30.8 Å². The Balaban J connectivity index is 1.40. The minimum absolute atomic E-state index is 0.196. The molecule has 10 nitrogen and oxygen atoms in total. The lowest BCUT2D eigenvalue weighted by Crippen LogP contribution is -2.23.